The summed E-state index contributed by atoms with van der Waals surface area (Å²) < 4.78 is 6.23. The summed E-state index contributed by atoms with van der Waals surface area (Å²) in [6.45, 7) is 0. The Morgan fingerprint density at radius 2 is 1.16 bits per heavy atom. The van der Waals surface area contributed by atoms with E-state index in [0.29, 0.717) is 11.6 Å². The van der Waals surface area contributed by atoms with Crippen LogP contribution in [-0.2, 0) is 0 Å². The van der Waals surface area contributed by atoms with Crippen molar-refractivity contribution in [3.8, 4) is 56.4 Å². The van der Waals surface area contributed by atoms with Gasteiger partial charge in [0.2, 0.25) is 0 Å². The molecule has 0 bridgehead atoms. The SMILES string of the molecule is c1cncc(-c2ccc(-c3nc(-c4ccc(-c5cccc6ccccc56)cc4)cc(-c4cc5ccccc5o4)n3)cc2)c1. The second-order valence-electron chi connectivity index (χ2n) is 10.5. The van der Waals surface area contributed by atoms with E-state index < -0.39 is 0 Å². The Morgan fingerprint density at radius 1 is 0.465 bits per heavy atom. The van der Waals surface area contributed by atoms with Gasteiger partial charge in [0.25, 0.3) is 0 Å². The molecule has 0 fully saturated rings. The van der Waals surface area contributed by atoms with Crippen LogP contribution in [0.5, 0.6) is 0 Å². The second-order valence-corrected chi connectivity index (χ2v) is 10.5. The Hall–Kier alpha value is -5.87. The number of aromatic nitrogens is 3. The van der Waals surface area contributed by atoms with Crippen molar-refractivity contribution < 1.29 is 4.42 Å². The van der Waals surface area contributed by atoms with Crippen LogP contribution in [0.3, 0.4) is 0 Å². The van der Waals surface area contributed by atoms with Crippen molar-refractivity contribution >= 4 is 21.7 Å². The first-order valence-corrected chi connectivity index (χ1v) is 14.3. The minimum Gasteiger partial charge on any atom is -0.454 e. The molecule has 3 aromatic heterocycles. The third kappa shape index (κ3) is 4.75. The first kappa shape index (κ1) is 24.9. The van der Waals surface area contributed by atoms with Crippen LogP contribution in [-0.4, -0.2) is 15.0 Å². The Balaban J connectivity index is 1.22. The third-order valence-electron chi connectivity index (χ3n) is 7.82. The first-order chi connectivity index (χ1) is 21.3. The van der Waals surface area contributed by atoms with Gasteiger partial charge >= 0.3 is 0 Å². The number of benzene rings is 5. The highest BCUT2D eigenvalue weighted by atomic mass is 16.3. The molecule has 3 heterocycles. The summed E-state index contributed by atoms with van der Waals surface area (Å²) in [6.07, 6.45) is 3.65. The molecule has 8 rings (SSSR count). The average Bonchev–Trinajstić information content (AvgIpc) is 3.53. The number of para-hydroxylation sites is 1. The van der Waals surface area contributed by atoms with Crippen molar-refractivity contribution in [3.63, 3.8) is 0 Å². The van der Waals surface area contributed by atoms with Crippen molar-refractivity contribution in [1.29, 1.82) is 0 Å². The summed E-state index contributed by atoms with van der Waals surface area (Å²) in [7, 11) is 0. The van der Waals surface area contributed by atoms with Gasteiger partial charge in [0.1, 0.15) is 11.3 Å². The molecule has 0 unspecified atom stereocenters. The van der Waals surface area contributed by atoms with E-state index in [1.807, 2.05) is 42.6 Å². The van der Waals surface area contributed by atoms with E-state index in [1.165, 1.54) is 21.9 Å². The van der Waals surface area contributed by atoms with Crippen molar-refractivity contribution in [2.24, 2.45) is 0 Å². The fourth-order valence-corrected chi connectivity index (χ4v) is 5.60. The number of hydrogen-bond donors (Lipinski definition) is 0. The smallest absolute Gasteiger partial charge is 0.160 e. The lowest BCUT2D eigenvalue weighted by atomic mass is 9.97. The largest absolute Gasteiger partial charge is 0.454 e. The van der Waals surface area contributed by atoms with Crippen molar-refractivity contribution in [1.82, 2.24) is 15.0 Å². The predicted octanol–water partition coefficient (Wildman–Crippen LogP) is 10.1. The molecule has 0 N–H and O–H groups in total. The van der Waals surface area contributed by atoms with E-state index in [2.05, 4.69) is 108 Å². The van der Waals surface area contributed by atoms with Gasteiger partial charge in [-0.25, -0.2) is 9.97 Å². The van der Waals surface area contributed by atoms with E-state index in [9.17, 15) is 0 Å². The number of rotatable bonds is 5. The average molecular weight is 552 g/mol. The summed E-state index contributed by atoms with van der Waals surface area (Å²) in [5.41, 5.74) is 8.89. The molecule has 0 spiro atoms. The number of fused-ring (bicyclic) bond motifs is 2. The maximum absolute atomic E-state index is 6.23. The van der Waals surface area contributed by atoms with Gasteiger partial charge in [0.15, 0.2) is 11.6 Å². The fourth-order valence-electron chi connectivity index (χ4n) is 5.60. The zero-order valence-corrected chi connectivity index (χ0v) is 23.2. The maximum Gasteiger partial charge on any atom is 0.160 e. The summed E-state index contributed by atoms with van der Waals surface area (Å²) >= 11 is 0. The molecule has 0 radical (unpaired) electrons. The minimum atomic E-state index is 0.642. The molecule has 5 aromatic carbocycles. The van der Waals surface area contributed by atoms with E-state index in [4.69, 9.17) is 14.4 Å². The van der Waals surface area contributed by atoms with Gasteiger partial charge in [-0.2, -0.15) is 0 Å². The Morgan fingerprint density at radius 3 is 1.98 bits per heavy atom. The van der Waals surface area contributed by atoms with Gasteiger partial charge in [0, 0.05) is 28.9 Å². The standard InChI is InChI=1S/C39H25N3O/c1-3-11-33-27(7-1)9-5-12-34(33)28-16-18-29(19-17-28)35-24-36(38-23-31-8-2-4-13-37(31)43-38)42-39(41-35)30-20-14-26(15-21-30)32-10-6-22-40-25-32/h1-25H. The molecule has 4 heteroatoms. The highest BCUT2D eigenvalue weighted by molar-refractivity contribution is 5.96. The molecule has 43 heavy (non-hydrogen) atoms. The fraction of sp³-hybridized carbons (Fsp3) is 0. The Bertz CT molecular complexity index is 2180. The van der Waals surface area contributed by atoms with E-state index >= 15 is 0 Å². The van der Waals surface area contributed by atoms with E-state index in [0.717, 1.165) is 44.6 Å². The highest BCUT2D eigenvalue weighted by Gasteiger charge is 2.15. The predicted molar refractivity (Wildman–Crippen MR) is 174 cm³/mol. The lowest BCUT2D eigenvalue weighted by molar-refractivity contribution is 0.628. The quantitative estimate of drug-likeness (QED) is 0.214. The topological polar surface area (TPSA) is 51.8 Å². The lowest BCUT2D eigenvalue weighted by Gasteiger charge is -2.10. The van der Waals surface area contributed by atoms with Crippen LogP contribution in [0, 0.1) is 0 Å². The van der Waals surface area contributed by atoms with Crippen LogP contribution in [0.25, 0.3) is 78.1 Å². The molecule has 4 nitrogen and oxygen atoms in total. The highest BCUT2D eigenvalue weighted by Crippen LogP contribution is 2.34. The van der Waals surface area contributed by atoms with Crippen LogP contribution < -0.4 is 0 Å². The molecular weight excluding hydrogens is 526 g/mol. The van der Waals surface area contributed by atoms with Crippen LogP contribution >= 0.6 is 0 Å². The minimum absolute atomic E-state index is 0.642. The molecule has 0 aliphatic carbocycles. The van der Waals surface area contributed by atoms with Crippen molar-refractivity contribution in [3.05, 3.63) is 152 Å². The Kier molecular flexibility index (Phi) is 6.08. The number of pyridine rings is 1. The molecule has 0 saturated carbocycles. The molecule has 0 aliphatic heterocycles. The number of furan rings is 1. The van der Waals surface area contributed by atoms with Crippen LogP contribution in [0.4, 0.5) is 0 Å². The van der Waals surface area contributed by atoms with Gasteiger partial charge in [-0.15, -0.1) is 0 Å². The van der Waals surface area contributed by atoms with Crippen LogP contribution in [0.15, 0.2) is 156 Å². The number of hydrogen-bond acceptors (Lipinski definition) is 4. The molecule has 0 saturated heterocycles. The van der Waals surface area contributed by atoms with Gasteiger partial charge in [-0.1, -0.05) is 115 Å². The van der Waals surface area contributed by atoms with Crippen molar-refractivity contribution in [2.45, 2.75) is 0 Å². The molecular formula is C39H25N3O. The second kappa shape index (κ2) is 10.5. The monoisotopic (exact) mass is 551 g/mol. The maximum atomic E-state index is 6.23. The lowest BCUT2D eigenvalue weighted by Crippen LogP contribution is -1.95. The summed E-state index contributed by atoms with van der Waals surface area (Å²) in [4.78, 5) is 14.3. The van der Waals surface area contributed by atoms with Gasteiger partial charge in [-0.05, 0) is 57.3 Å². The van der Waals surface area contributed by atoms with E-state index in [-0.39, 0.29) is 0 Å². The summed E-state index contributed by atoms with van der Waals surface area (Å²) in [5.74, 6) is 1.36. The third-order valence-corrected chi connectivity index (χ3v) is 7.82. The van der Waals surface area contributed by atoms with Gasteiger partial charge < -0.3 is 4.42 Å². The van der Waals surface area contributed by atoms with Gasteiger partial charge in [-0.3, -0.25) is 4.98 Å². The first-order valence-electron chi connectivity index (χ1n) is 14.3. The molecule has 0 amide bonds. The van der Waals surface area contributed by atoms with Gasteiger partial charge in [0.05, 0.1) is 5.69 Å². The molecule has 202 valence electrons. The zero-order valence-electron chi connectivity index (χ0n) is 23.2. The molecule has 0 aliphatic rings. The zero-order chi connectivity index (χ0) is 28.6. The molecule has 0 atom stereocenters. The molecule has 8 aromatic rings. The van der Waals surface area contributed by atoms with Crippen LogP contribution in [0.2, 0.25) is 0 Å². The summed E-state index contributed by atoms with van der Waals surface area (Å²) in [5, 5.41) is 3.51. The summed E-state index contributed by atoms with van der Waals surface area (Å²) in [6, 6.07) is 47.9. The Labute approximate surface area is 249 Å². The van der Waals surface area contributed by atoms with Crippen molar-refractivity contribution in [2.75, 3.05) is 0 Å². The van der Waals surface area contributed by atoms with E-state index in [1.54, 1.807) is 6.20 Å². The normalized spacial score (nSPS) is 11.3. The number of nitrogens with zero attached hydrogens (tertiary/aromatic N) is 3. The van der Waals surface area contributed by atoms with Crippen LogP contribution in [0.1, 0.15) is 0 Å².